The molecule has 0 radical (unpaired) electrons. The smallest absolute Gasteiger partial charge is 0.123 e. The van der Waals surface area contributed by atoms with Crippen LogP contribution < -0.4 is 5.73 Å². The van der Waals surface area contributed by atoms with Crippen LogP contribution in [0.25, 0.3) is 0 Å². The van der Waals surface area contributed by atoms with Gasteiger partial charge in [-0.25, -0.2) is 4.39 Å². The predicted octanol–water partition coefficient (Wildman–Crippen LogP) is 4.49. The first kappa shape index (κ1) is 13.5. The van der Waals surface area contributed by atoms with Crippen LogP contribution in [0.4, 0.5) is 4.39 Å². The van der Waals surface area contributed by atoms with Gasteiger partial charge in [0.25, 0.3) is 0 Å². The number of benzene rings is 1. The highest BCUT2D eigenvalue weighted by molar-refractivity contribution is 5.29. The first-order valence-electron chi connectivity index (χ1n) is 7.18. The summed E-state index contributed by atoms with van der Waals surface area (Å²) in [4.78, 5) is 0. The van der Waals surface area contributed by atoms with Gasteiger partial charge in [-0.2, -0.15) is 0 Å². The predicted molar refractivity (Wildman–Crippen MR) is 73.9 cm³/mol. The molecule has 1 aliphatic carbocycles. The standard InChI is InChI=1S/C16H24FN/c1-12-10-14(17)8-9-15(12)16(18)11-13-6-4-2-3-5-7-13/h8-10,13,16H,2-7,11,18H2,1H3. The molecule has 1 atom stereocenters. The molecule has 1 aromatic carbocycles. The first-order valence-corrected chi connectivity index (χ1v) is 7.18. The van der Waals surface area contributed by atoms with Crippen LogP contribution in [0.15, 0.2) is 18.2 Å². The quantitative estimate of drug-likeness (QED) is 0.784. The maximum atomic E-state index is 13.1. The van der Waals surface area contributed by atoms with Crippen molar-refractivity contribution in [3.8, 4) is 0 Å². The molecule has 1 nitrogen and oxygen atoms in total. The molecule has 0 bridgehead atoms. The summed E-state index contributed by atoms with van der Waals surface area (Å²) in [6.45, 7) is 1.95. The van der Waals surface area contributed by atoms with E-state index in [1.165, 1.54) is 44.6 Å². The van der Waals surface area contributed by atoms with E-state index in [2.05, 4.69) is 0 Å². The third-order valence-electron chi connectivity index (χ3n) is 4.19. The second kappa shape index (κ2) is 6.33. The molecule has 2 N–H and O–H groups in total. The first-order chi connectivity index (χ1) is 8.66. The minimum Gasteiger partial charge on any atom is -0.324 e. The molecule has 1 unspecified atom stereocenters. The summed E-state index contributed by atoms with van der Waals surface area (Å²) in [5, 5.41) is 0. The Kier molecular flexibility index (Phi) is 4.76. The Hall–Kier alpha value is -0.890. The molecule has 2 rings (SSSR count). The molecule has 1 aromatic rings. The monoisotopic (exact) mass is 249 g/mol. The van der Waals surface area contributed by atoms with Crippen LogP contribution in [0.1, 0.15) is 62.1 Å². The van der Waals surface area contributed by atoms with Gasteiger partial charge in [0.2, 0.25) is 0 Å². The molecular formula is C16H24FN. The van der Waals surface area contributed by atoms with Crippen molar-refractivity contribution in [2.24, 2.45) is 11.7 Å². The van der Waals surface area contributed by atoms with Gasteiger partial charge in [-0.1, -0.05) is 44.6 Å². The van der Waals surface area contributed by atoms with Crippen LogP contribution in [0, 0.1) is 18.7 Å². The van der Waals surface area contributed by atoms with Gasteiger partial charge in [0, 0.05) is 6.04 Å². The molecule has 2 heteroatoms. The lowest BCUT2D eigenvalue weighted by molar-refractivity contribution is 0.392. The number of aryl methyl sites for hydroxylation is 1. The van der Waals surface area contributed by atoms with E-state index in [9.17, 15) is 4.39 Å². The van der Waals surface area contributed by atoms with E-state index in [4.69, 9.17) is 5.73 Å². The Morgan fingerprint density at radius 1 is 1.22 bits per heavy atom. The van der Waals surface area contributed by atoms with Crippen molar-refractivity contribution in [3.05, 3.63) is 35.1 Å². The van der Waals surface area contributed by atoms with Gasteiger partial charge < -0.3 is 5.73 Å². The zero-order valence-electron chi connectivity index (χ0n) is 11.3. The molecule has 100 valence electrons. The van der Waals surface area contributed by atoms with E-state index in [1.807, 2.05) is 13.0 Å². The summed E-state index contributed by atoms with van der Waals surface area (Å²) in [5.74, 6) is 0.588. The van der Waals surface area contributed by atoms with Crippen LogP contribution in [0.5, 0.6) is 0 Å². The third kappa shape index (κ3) is 3.55. The second-order valence-electron chi connectivity index (χ2n) is 5.70. The van der Waals surface area contributed by atoms with E-state index in [0.717, 1.165) is 23.5 Å². The summed E-state index contributed by atoms with van der Waals surface area (Å²) < 4.78 is 13.1. The minimum atomic E-state index is -0.169. The lowest BCUT2D eigenvalue weighted by Crippen LogP contribution is -2.16. The van der Waals surface area contributed by atoms with Crippen LogP contribution in [0.3, 0.4) is 0 Å². The van der Waals surface area contributed by atoms with Crippen LogP contribution in [0.2, 0.25) is 0 Å². The molecule has 1 saturated carbocycles. The highest BCUT2D eigenvalue weighted by atomic mass is 19.1. The maximum absolute atomic E-state index is 13.1. The van der Waals surface area contributed by atoms with E-state index in [1.54, 1.807) is 6.07 Å². The van der Waals surface area contributed by atoms with Gasteiger partial charge in [-0.15, -0.1) is 0 Å². The van der Waals surface area contributed by atoms with Crippen molar-refractivity contribution in [2.75, 3.05) is 0 Å². The van der Waals surface area contributed by atoms with E-state index in [0.29, 0.717) is 0 Å². The Morgan fingerprint density at radius 2 is 1.89 bits per heavy atom. The number of hydrogen-bond acceptors (Lipinski definition) is 1. The van der Waals surface area contributed by atoms with Gasteiger partial charge in [0.15, 0.2) is 0 Å². The van der Waals surface area contributed by atoms with Gasteiger partial charge in [-0.05, 0) is 42.5 Å². The van der Waals surface area contributed by atoms with Crippen molar-refractivity contribution >= 4 is 0 Å². The minimum absolute atomic E-state index is 0.0636. The SMILES string of the molecule is Cc1cc(F)ccc1C(N)CC1CCCCCC1. The van der Waals surface area contributed by atoms with Crippen LogP contribution in [-0.2, 0) is 0 Å². The summed E-state index contributed by atoms with van der Waals surface area (Å²) in [5.41, 5.74) is 8.40. The van der Waals surface area contributed by atoms with Crippen molar-refractivity contribution in [1.29, 1.82) is 0 Å². The molecule has 0 spiro atoms. The largest absolute Gasteiger partial charge is 0.324 e. The van der Waals surface area contributed by atoms with E-state index >= 15 is 0 Å². The summed E-state index contributed by atoms with van der Waals surface area (Å²) in [7, 11) is 0. The molecule has 1 fully saturated rings. The number of halogens is 1. The molecule has 18 heavy (non-hydrogen) atoms. The molecule has 0 aromatic heterocycles. The molecule has 0 aliphatic heterocycles. The van der Waals surface area contributed by atoms with Crippen molar-refractivity contribution < 1.29 is 4.39 Å². The number of rotatable bonds is 3. The molecule has 1 aliphatic rings. The third-order valence-corrected chi connectivity index (χ3v) is 4.19. The Labute approximate surface area is 110 Å². The number of nitrogens with two attached hydrogens (primary N) is 1. The summed E-state index contributed by atoms with van der Waals surface area (Å²) in [6, 6.07) is 5.03. The van der Waals surface area contributed by atoms with Crippen molar-refractivity contribution in [2.45, 2.75) is 57.9 Å². The lowest BCUT2D eigenvalue weighted by Gasteiger charge is -2.21. The fourth-order valence-electron chi connectivity index (χ4n) is 3.14. The highest BCUT2D eigenvalue weighted by Crippen LogP contribution is 2.31. The zero-order chi connectivity index (χ0) is 13.0. The lowest BCUT2D eigenvalue weighted by atomic mass is 9.88. The highest BCUT2D eigenvalue weighted by Gasteiger charge is 2.18. The van der Waals surface area contributed by atoms with Crippen LogP contribution >= 0.6 is 0 Å². The van der Waals surface area contributed by atoms with Gasteiger partial charge in [0.05, 0.1) is 0 Å². The molecular weight excluding hydrogens is 225 g/mol. The fraction of sp³-hybridized carbons (Fsp3) is 0.625. The summed E-state index contributed by atoms with van der Waals surface area (Å²) >= 11 is 0. The maximum Gasteiger partial charge on any atom is 0.123 e. The van der Waals surface area contributed by atoms with Gasteiger partial charge in [0.1, 0.15) is 5.82 Å². The Bertz CT molecular complexity index is 381. The van der Waals surface area contributed by atoms with Crippen molar-refractivity contribution in [3.63, 3.8) is 0 Å². The van der Waals surface area contributed by atoms with Gasteiger partial charge >= 0.3 is 0 Å². The Balaban J connectivity index is 1.99. The molecule has 0 amide bonds. The second-order valence-corrected chi connectivity index (χ2v) is 5.70. The van der Waals surface area contributed by atoms with Gasteiger partial charge in [-0.3, -0.25) is 0 Å². The average Bonchev–Trinajstić information content (AvgIpc) is 2.57. The normalized spacial score (nSPS) is 19.5. The van der Waals surface area contributed by atoms with Crippen molar-refractivity contribution in [1.82, 2.24) is 0 Å². The molecule has 0 heterocycles. The summed E-state index contributed by atoms with van der Waals surface area (Å²) in [6.07, 6.45) is 9.12. The zero-order valence-corrected chi connectivity index (χ0v) is 11.3. The van der Waals surface area contributed by atoms with E-state index < -0.39 is 0 Å². The Morgan fingerprint density at radius 3 is 2.50 bits per heavy atom. The number of hydrogen-bond donors (Lipinski definition) is 1. The van der Waals surface area contributed by atoms with Crippen LogP contribution in [-0.4, -0.2) is 0 Å². The average molecular weight is 249 g/mol. The fourth-order valence-corrected chi connectivity index (χ4v) is 3.14. The van der Waals surface area contributed by atoms with E-state index in [-0.39, 0.29) is 11.9 Å². The molecule has 0 saturated heterocycles. The topological polar surface area (TPSA) is 26.0 Å².